The maximum atomic E-state index is 12.4. The maximum absolute atomic E-state index is 12.4. The molecule has 1 aliphatic carbocycles. The molecule has 2 aliphatic rings. The molecule has 1 atom stereocenters. The average molecular weight is 394 g/mol. The van der Waals surface area contributed by atoms with Gasteiger partial charge in [0.05, 0.1) is 17.2 Å². The molecule has 4 heterocycles. The number of rotatable bonds is 6. The molecule has 0 amide bonds. The molecule has 3 aromatic heterocycles. The summed E-state index contributed by atoms with van der Waals surface area (Å²) >= 11 is 1.86. The van der Waals surface area contributed by atoms with Crippen LogP contribution in [-0.4, -0.2) is 37.2 Å². The van der Waals surface area contributed by atoms with Gasteiger partial charge in [0.2, 0.25) is 0 Å². The van der Waals surface area contributed by atoms with Crippen molar-refractivity contribution in [2.45, 2.75) is 50.7 Å². The zero-order chi connectivity index (χ0) is 18.9. The van der Waals surface area contributed by atoms with E-state index in [0.717, 1.165) is 37.2 Å². The van der Waals surface area contributed by atoms with E-state index in [1.54, 1.807) is 29.2 Å². The molecule has 1 aliphatic heterocycles. The standard InChI is InChI=1S/C21H23N5OS/c27-20-8-7-19(16-3-1-9-22-11-16)24-26(20)13-17-4-2-10-25(17)14-18-12-23-21(28-18)15-5-6-15/h1,3,7-9,11-12,15,17H,2,4-6,10,13-14H2. The summed E-state index contributed by atoms with van der Waals surface area (Å²) in [6.45, 7) is 2.62. The van der Waals surface area contributed by atoms with Gasteiger partial charge in [0.25, 0.3) is 5.56 Å². The highest BCUT2D eigenvalue weighted by Crippen LogP contribution is 2.42. The molecule has 1 unspecified atom stereocenters. The lowest BCUT2D eigenvalue weighted by molar-refractivity contribution is 0.218. The first kappa shape index (κ1) is 17.7. The predicted octanol–water partition coefficient (Wildman–Crippen LogP) is 3.30. The third-order valence-electron chi connectivity index (χ3n) is 5.56. The van der Waals surface area contributed by atoms with Gasteiger partial charge in [-0.15, -0.1) is 11.3 Å². The fourth-order valence-electron chi connectivity index (χ4n) is 3.87. The van der Waals surface area contributed by atoms with E-state index in [1.165, 1.54) is 22.7 Å². The molecule has 0 N–H and O–H groups in total. The van der Waals surface area contributed by atoms with E-state index in [0.29, 0.717) is 18.5 Å². The molecule has 0 spiro atoms. The number of nitrogens with zero attached hydrogens (tertiary/aromatic N) is 5. The van der Waals surface area contributed by atoms with Crippen LogP contribution in [0.25, 0.3) is 11.3 Å². The van der Waals surface area contributed by atoms with Crippen LogP contribution in [0.5, 0.6) is 0 Å². The second-order valence-corrected chi connectivity index (χ2v) is 8.83. The van der Waals surface area contributed by atoms with E-state index in [-0.39, 0.29) is 5.56 Å². The van der Waals surface area contributed by atoms with E-state index >= 15 is 0 Å². The largest absolute Gasteiger partial charge is 0.293 e. The summed E-state index contributed by atoms with van der Waals surface area (Å²) in [6.07, 6.45) is 10.4. The lowest BCUT2D eigenvalue weighted by atomic mass is 10.2. The molecule has 0 radical (unpaired) electrons. The van der Waals surface area contributed by atoms with Crippen molar-refractivity contribution in [1.29, 1.82) is 0 Å². The minimum Gasteiger partial charge on any atom is -0.293 e. The topological polar surface area (TPSA) is 63.9 Å². The fourth-order valence-corrected chi connectivity index (χ4v) is 4.98. The summed E-state index contributed by atoms with van der Waals surface area (Å²) in [5.74, 6) is 0.714. The highest BCUT2D eigenvalue weighted by molar-refractivity contribution is 7.11. The third-order valence-corrected chi connectivity index (χ3v) is 6.71. The lowest BCUT2D eigenvalue weighted by Crippen LogP contribution is -2.36. The Balaban J connectivity index is 1.32. The van der Waals surface area contributed by atoms with E-state index in [1.807, 2.05) is 29.7 Å². The van der Waals surface area contributed by atoms with Gasteiger partial charge in [0, 0.05) is 53.6 Å². The summed E-state index contributed by atoms with van der Waals surface area (Å²) < 4.78 is 1.62. The van der Waals surface area contributed by atoms with Crippen LogP contribution in [0.4, 0.5) is 0 Å². The second-order valence-electron chi connectivity index (χ2n) is 7.69. The van der Waals surface area contributed by atoms with Crippen LogP contribution < -0.4 is 5.56 Å². The number of aromatic nitrogens is 4. The number of thiazole rings is 1. The minimum atomic E-state index is -0.0479. The Morgan fingerprint density at radius 1 is 1.14 bits per heavy atom. The number of pyridine rings is 1. The molecule has 0 aromatic carbocycles. The summed E-state index contributed by atoms with van der Waals surface area (Å²) in [6, 6.07) is 7.57. The first-order valence-electron chi connectivity index (χ1n) is 9.93. The van der Waals surface area contributed by atoms with Crippen LogP contribution in [0.1, 0.15) is 41.5 Å². The molecule has 1 saturated carbocycles. The molecule has 0 bridgehead atoms. The SMILES string of the molecule is O=c1ccc(-c2cccnc2)nn1CC1CCCN1Cc1cnc(C2CC2)s1. The van der Waals surface area contributed by atoms with Gasteiger partial charge in [-0.2, -0.15) is 5.10 Å². The highest BCUT2D eigenvalue weighted by atomic mass is 32.1. The Hall–Kier alpha value is -2.38. The molecule has 144 valence electrons. The Morgan fingerprint density at radius 3 is 2.89 bits per heavy atom. The normalized spacial score (nSPS) is 19.9. The number of hydrogen-bond donors (Lipinski definition) is 0. The first-order chi connectivity index (χ1) is 13.8. The van der Waals surface area contributed by atoms with Gasteiger partial charge in [-0.3, -0.25) is 14.7 Å². The van der Waals surface area contributed by atoms with Crippen molar-refractivity contribution >= 4 is 11.3 Å². The molecule has 3 aromatic rings. The van der Waals surface area contributed by atoms with E-state index < -0.39 is 0 Å². The van der Waals surface area contributed by atoms with Gasteiger partial charge in [0.15, 0.2) is 0 Å². The molecule has 1 saturated heterocycles. The number of hydrogen-bond acceptors (Lipinski definition) is 6. The Kier molecular flexibility index (Phi) is 4.78. The van der Waals surface area contributed by atoms with Crippen LogP contribution in [0.15, 0.2) is 47.7 Å². The third kappa shape index (κ3) is 3.77. The van der Waals surface area contributed by atoms with Crippen molar-refractivity contribution in [3.8, 4) is 11.3 Å². The summed E-state index contributed by atoms with van der Waals surface area (Å²) in [7, 11) is 0. The van der Waals surface area contributed by atoms with Crippen LogP contribution in [0, 0.1) is 0 Å². The molecular formula is C21H23N5OS. The van der Waals surface area contributed by atoms with Gasteiger partial charge in [-0.25, -0.2) is 9.67 Å². The summed E-state index contributed by atoms with van der Waals surface area (Å²) in [5.41, 5.74) is 1.67. The van der Waals surface area contributed by atoms with Gasteiger partial charge < -0.3 is 0 Å². The predicted molar refractivity (Wildman–Crippen MR) is 109 cm³/mol. The van der Waals surface area contributed by atoms with Crippen molar-refractivity contribution in [2.24, 2.45) is 0 Å². The molecule has 5 rings (SSSR count). The van der Waals surface area contributed by atoms with Crippen LogP contribution in [0.2, 0.25) is 0 Å². The van der Waals surface area contributed by atoms with Gasteiger partial charge in [-0.1, -0.05) is 0 Å². The molecular weight excluding hydrogens is 370 g/mol. The van der Waals surface area contributed by atoms with Gasteiger partial charge >= 0.3 is 0 Å². The summed E-state index contributed by atoms with van der Waals surface area (Å²) in [5, 5.41) is 5.91. The minimum absolute atomic E-state index is 0.0479. The fraction of sp³-hybridized carbons (Fsp3) is 0.429. The monoisotopic (exact) mass is 393 g/mol. The quantitative estimate of drug-likeness (QED) is 0.643. The Bertz CT molecular complexity index is 1010. The van der Waals surface area contributed by atoms with Crippen molar-refractivity contribution in [1.82, 2.24) is 24.6 Å². The zero-order valence-electron chi connectivity index (χ0n) is 15.7. The zero-order valence-corrected chi connectivity index (χ0v) is 16.5. The molecule has 2 fully saturated rings. The highest BCUT2D eigenvalue weighted by Gasteiger charge is 2.29. The smallest absolute Gasteiger partial charge is 0.266 e. The van der Waals surface area contributed by atoms with E-state index in [4.69, 9.17) is 0 Å². The van der Waals surface area contributed by atoms with Crippen molar-refractivity contribution < 1.29 is 0 Å². The van der Waals surface area contributed by atoms with Crippen molar-refractivity contribution in [2.75, 3.05) is 6.54 Å². The maximum Gasteiger partial charge on any atom is 0.266 e. The Morgan fingerprint density at radius 2 is 2.07 bits per heavy atom. The second kappa shape index (κ2) is 7.56. The van der Waals surface area contributed by atoms with Crippen molar-refractivity contribution in [3.05, 3.63) is 63.1 Å². The van der Waals surface area contributed by atoms with Crippen LogP contribution >= 0.6 is 11.3 Å². The first-order valence-corrected chi connectivity index (χ1v) is 10.7. The van der Waals surface area contributed by atoms with Gasteiger partial charge in [0.1, 0.15) is 0 Å². The van der Waals surface area contributed by atoms with E-state index in [9.17, 15) is 4.79 Å². The number of likely N-dealkylation sites (tertiary alicyclic amines) is 1. The van der Waals surface area contributed by atoms with Crippen molar-refractivity contribution in [3.63, 3.8) is 0 Å². The van der Waals surface area contributed by atoms with E-state index in [2.05, 4.69) is 20.0 Å². The Labute approximate surface area is 167 Å². The van der Waals surface area contributed by atoms with Crippen LogP contribution in [0.3, 0.4) is 0 Å². The van der Waals surface area contributed by atoms with Gasteiger partial charge in [-0.05, 0) is 50.4 Å². The summed E-state index contributed by atoms with van der Waals surface area (Å²) in [4.78, 5) is 25.0. The lowest BCUT2D eigenvalue weighted by Gasteiger charge is -2.24. The molecule has 28 heavy (non-hydrogen) atoms. The molecule has 6 nitrogen and oxygen atoms in total. The molecule has 7 heteroatoms. The van der Waals surface area contributed by atoms with Crippen LogP contribution in [-0.2, 0) is 13.1 Å². The average Bonchev–Trinajstić information content (AvgIpc) is 3.32.